The number of rotatable bonds is 1. The van der Waals surface area contributed by atoms with Crippen molar-refractivity contribution in [2.75, 3.05) is 0 Å². The summed E-state index contributed by atoms with van der Waals surface area (Å²) in [5.74, 6) is 0. The molecule has 0 amide bonds. The molecular formula is C15H16S. The first-order valence-corrected chi connectivity index (χ1v) is 6.69. The lowest BCUT2D eigenvalue weighted by Crippen LogP contribution is -2.14. The second kappa shape index (κ2) is 3.21. The molecule has 2 aromatic rings. The van der Waals surface area contributed by atoms with E-state index in [2.05, 4.69) is 51.1 Å². The number of hydrogen-bond donors (Lipinski definition) is 0. The summed E-state index contributed by atoms with van der Waals surface area (Å²) in [5.41, 5.74) is 4.65. The molecule has 1 heterocycles. The van der Waals surface area contributed by atoms with Crippen LogP contribution in [0.15, 0.2) is 30.3 Å². The van der Waals surface area contributed by atoms with Crippen molar-refractivity contribution in [3.63, 3.8) is 0 Å². The monoisotopic (exact) mass is 228 g/mol. The Morgan fingerprint density at radius 3 is 2.62 bits per heavy atom. The minimum atomic E-state index is 0.190. The number of benzene rings is 1. The second-order valence-electron chi connectivity index (χ2n) is 4.98. The van der Waals surface area contributed by atoms with E-state index in [1.165, 1.54) is 26.4 Å². The summed E-state index contributed by atoms with van der Waals surface area (Å²) >= 11 is 1.97. The van der Waals surface area contributed by atoms with Gasteiger partial charge in [-0.25, -0.2) is 0 Å². The Labute approximate surface area is 101 Å². The molecule has 0 aliphatic heterocycles. The summed E-state index contributed by atoms with van der Waals surface area (Å²) in [4.78, 5) is 3.00. The van der Waals surface area contributed by atoms with Crippen molar-refractivity contribution in [1.82, 2.24) is 0 Å². The number of hydrogen-bond acceptors (Lipinski definition) is 1. The highest BCUT2D eigenvalue weighted by atomic mass is 32.1. The Morgan fingerprint density at radius 1 is 1.12 bits per heavy atom. The van der Waals surface area contributed by atoms with E-state index in [1.807, 2.05) is 11.3 Å². The van der Waals surface area contributed by atoms with E-state index in [1.54, 1.807) is 0 Å². The van der Waals surface area contributed by atoms with Crippen LogP contribution < -0.4 is 0 Å². The molecule has 0 fully saturated rings. The minimum Gasteiger partial charge on any atom is -0.140 e. The fourth-order valence-corrected chi connectivity index (χ4v) is 3.95. The molecule has 0 bridgehead atoms. The van der Waals surface area contributed by atoms with Crippen LogP contribution in [0.3, 0.4) is 0 Å². The van der Waals surface area contributed by atoms with Crippen LogP contribution >= 0.6 is 11.3 Å². The van der Waals surface area contributed by atoms with Crippen molar-refractivity contribution in [3.8, 4) is 10.4 Å². The van der Waals surface area contributed by atoms with E-state index in [0.717, 1.165) is 6.42 Å². The number of fused-ring (bicyclic) bond motifs is 3. The highest BCUT2D eigenvalue weighted by molar-refractivity contribution is 7.15. The van der Waals surface area contributed by atoms with Crippen molar-refractivity contribution in [2.45, 2.75) is 32.6 Å². The Morgan fingerprint density at radius 2 is 1.88 bits per heavy atom. The molecule has 1 aliphatic rings. The molecular weight excluding hydrogens is 212 g/mol. The van der Waals surface area contributed by atoms with E-state index in [4.69, 9.17) is 0 Å². The zero-order valence-electron chi connectivity index (χ0n) is 10.0. The average Bonchev–Trinajstić information content (AvgIpc) is 2.80. The molecule has 0 radical (unpaired) electrons. The Bertz CT molecular complexity index is 546. The molecule has 0 N–H and O–H groups in total. The van der Waals surface area contributed by atoms with Crippen LogP contribution in [0.5, 0.6) is 0 Å². The topological polar surface area (TPSA) is 0 Å². The van der Waals surface area contributed by atoms with E-state index in [0.29, 0.717) is 0 Å². The molecule has 0 atom stereocenters. The number of thiophene rings is 1. The van der Waals surface area contributed by atoms with Gasteiger partial charge < -0.3 is 0 Å². The third kappa shape index (κ3) is 1.15. The van der Waals surface area contributed by atoms with Crippen LogP contribution in [-0.2, 0) is 11.8 Å². The van der Waals surface area contributed by atoms with Crippen LogP contribution in [0.25, 0.3) is 10.4 Å². The van der Waals surface area contributed by atoms with Crippen molar-refractivity contribution in [3.05, 3.63) is 46.3 Å². The first-order chi connectivity index (χ1) is 7.64. The maximum absolute atomic E-state index is 2.40. The van der Waals surface area contributed by atoms with Gasteiger partial charge in [0.2, 0.25) is 0 Å². The highest BCUT2D eigenvalue weighted by Crippen LogP contribution is 2.52. The average molecular weight is 228 g/mol. The van der Waals surface area contributed by atoms with Gasteiger partial charge in [-0.15, -0.1) is 11.3 Å². The normalized spacial score (nSPS) is 15.9. The lowest BCUT2D eigenvalue weighted by atomic mass is 9.83. The van der Waals surface area contributed by atoms with Crippen molar-refractivity contribution >= 4 is 11.3 Å². The van der Waals surface area contributed by atoms with Gasteiger partial charge in [0.1, 0.15) is 0 Å². The summed E-state index contributed by atoms with van der Waals surface area (Å²) in [6, 6.07) is 11.2. The van der Waals surface area contributed by atoms with Gasteiger partial charge in [-0.1, -0.05) is 45.0 Å². The van der Waals surface area contributed by atoms with Crippen molar-refractivity contribution in [1.29, 1.82) is 0 Å². The molecule has 1 aliphatic carbocycles. The molecule has 1 aromatic carbocycles. The molecule has 0 unspecified atom stereocenters. The minimum absolute atomic E-state index is 0.190. The SMILES string of the molecule is CCc1cc2c(s1)-c1ccccc1C2(C)C. The van der Waals surface area contributed by atoms with Crippen molar-refractivity contribution in [2.24, 2.45) is 0 Å². The molecule has 0 nitrogen and oxygen atoms in total. The maximum Gasteiger partial charge on any atom is 0.0389 e. The standard InChI is InChI=1S/C15H16S/c1-4-10-9-13-14(16-10)11-7-5-6-8-12(11)15(13,2)3/h5-9H,4H2,1-3H3. The Hall–Kier alpha value is -1.08. The first kappa shape index (κ1) is 10.1. The number of aryl methyl sites for hydroxylation is 1. The fourth-order valence-electron chi connectivity index (χ4n) is 2.65. The Kier molecular flexibility index (Phi) is 2.02. The summed E-state index contributed by atoms with van der Waals surface area (Å²) in [5, 5.41) is 0. The van der Waals surface area contributed by atoms with Crippen LogP contribution in [0.2, 0.25) is 0 Å². The van der Waals surface area contributed by atoms with Crippen molar-refractivity contribution < 1.29 is 0 Å². The van der Waals surface area contributed by atoms with E-state index in [-0.39, 0.29) is 5.41 Å². The van der Waals surface area contributed by atoms with Gasteiger partial charge in [0.25, 0.3) is 0 Å². The fraction of sp³-hybridized carbons (Fsp3) is 0.333. The van der Waals surface area contributed by atoms with Crippen LogP contribution in [-0.4, -0.2) is 0 Å². The van der Waals surface area contributed by atoms with Crippen LogP contribution in [0.1, 0.15) is 36.8 Å². The van der Waals surface area contributed by atoms with Gasteiger partial charge in [0, 0.05) is 15.2 Å². The molecule has 0 saturated carbocycles. The van der Waals surface area contributed by atoms with E-state index in [9.17, 15) is 0 Å². The molecule has 3 rings (SSSR count). The predicted octanol–water partition coefficient (Wildman–Crippen LogP) is 4.62. The van der Waals surface area contributed by atoms with E-state index >= 15 is 0 Å². The quantitative estimate of drug-likeness (QED) is 0.668. The summed E-state index contributed by atoms with van der Waals surface area (Å²) in [6.07, 6.45) is 1.15. The second-order valence-corrected chi connectivity index (χ2v) is 6.12. The van der Waals surface area contributed by atoms with Gasteiger partial charge in [0.05, 0.1) is 0 Å². The smallest absolute Gasteiger partial charge is 0.0389 e. The molecule has 16 heavy (non-hydrogen) atoms. The molecule has 0 spiro atoms. The molecule has 1 aromatic heterocycles. The lowest BCUT2D eigenvalue weighted by molar-refractivity contribution is 0.661. The summed E-state index contributed by atoms with van der Waals surface area (Å²) in [7, 11) is 0. The van der Waals surface area contributed by atoms with E-state index < -0.39 is 0 Å². The summed E-state index contributed by atoms with van der Waals surface area (Å²) < 4.78 is 0. The maximum atomic E-state index is 2.40. The third-order valence-electron chi connectivity index (χ3n) is 3.65. The van der Waals surface area contributed by atoms with Crippen LogP contribution in [0.4, 0.5) is 0 Å². The Balaban J connectivity index is 2.32. The van der Waals surface area contributed by atoms with Gasteiger partial charge >= 0.3 is 0 Å². The van der Waals surface area contributed by atoms with Gasteiger partial charge in [-0.3, -0.25) is 0 Å². The van der Waals surface area contributed by atoms with Gasteiger partial charge in [0.15, 0.2) is 0 Å². The van der Waals surface area contributed by atoms with Gasteiger partial charge in [-0.05, 0) is 29.2 Å². The van der Waals surface area contributed by atoms with Crippen LogP contribution in [0, 0.1) is 0 Å². The zero-order valence-corrected chi connectivity index (χ0v) is 10.8. The zero-order chi connectivity index (χ0) is 11.3. The third-order valence-corrected chi connectivity index (χ3v) is 4.96. The first-order valence-electron chi connectivity index (χ1n) is 5.87. The largest absolute Gasteiger partial charge is 0.140 e. The molecule has 82 valence electrons. The lowest BCUT2D eigenvalue weighted by Gasteiger charge is -2.20. The highest BCUT2D eigenvalue weighted by Gasteiger charge is 2.36. The van der Waals surface area contributed by atoms with Gasteiger partial charge in [-0.2, -0.15) is 0 Å². The summed E-state index contributed by atoms with van der Waals surface area (Å²) in [6.45, 7) is 6.91. The molecule has 0 saturated heterocycles. The molecule has 1 heteroatoms. The predicted molar refractivity (Wildman–Crippen MR) is 71.3 cm³/mol.